The summed E-state index contributed by atoms with van der Waals surface area (Å²) in [6, 6.07) is 6.74. The van der Waals surface area contributed by atoms with Crippen molar-refractivity contribution >= 4 is 11.6 Å². The molecule has 84 valence electrons. The van der Waals surface area contributed by atoms with E-state index in [1.54, 1.807) is 0 Å². The van der Waals surface area contributed by atoms with E-state index in [1.807, 2.05) is 0 Å². The maximum atomic E-state index is 5.97. The van der Waals surface area contributed by atoms with Gasteiger partial charge in [-0.1, -0.05) is 31.5 Å². The maximum absolute atomic E-state index is 5.97. The number of hydrogen-bond acceptors (Lipinski definition) is 0. The molecule has 0 saturated heterocycles. The minimum absolute atomic E-state index is 0.638. The highest BCUT2D eigenvalue weighted by Crippen LogP contribution is 2.18. The van der Waals surface area contributed by atoms with Gasteiger partial charge in [-0.2, -0.15) is 0 Å². The van der Waals surface area contributed by atoms with E-state index in [1.165, 1.54) is 29.5 Å². The van der Waals surface area contributed by atoms with Crippen molar-refractivity contribution in [3.8, 4) is 0 Å². The molecule has 1 atom stereocenters. The highest BCUT2D eigenvalue weighted by Gasteiger charge is 2.07. The molecule has 1 aromatic carbocycles. The van der Waals surface area contributed by atoms with Crippen molar-refractivity contribution in [1.82, 2.24) is 0 Å². The van der Waals surface area contributed by atoms with Crippen LogP contribution in [0, 0.1) is 19.8 Å². The summed E-state index contributed by atoms with van der Waals surface area (Å²) in [5.41, 5.74) is 4.19. The molecule has 0 saturated carbocycles. The van der Waals surface area contributed by atoms with E-state index < -0.39 is 0 Å². The molecule has 0 bridgehead atoms. The van der Waals surface area contributed by atoms with E-state index in [2.05, 4.69) is 39.0 Å². The average molecular weight is 225 g/mol. The average Bonchev–Trinajstić information content (AvgIpc) is 2.23. The van der Waals surface area contributed by atoms with Crippen LogP contribution in [0.5, 0.6) is 0 Å². The van der Waals surface area contributed by atoms with Crippen LogP contribution in [-0.4, -0.2) is 5.88 Å². The third kappa shape index (κ3) is 3.87. The van der Waals surface area contributed by atoms with Crippen LogP contribution in [0.15, 0.2) is 18.2 Å². The lowest BCUT2D eigenvalue weighted by Crippen LogP contribution is -2.06. The highest BCUT2D eigenvalue weighted by atomic mass is 35.5. The van der Waals surface area contributed by atoms with Crippen LogP contribution in [-0.2, 0) is 6.42 Å². The molecule has 0 N–H and O–H groups in total. The molecule has 1 aromatic rings. The van der Waals surface area contributed by atoms with Crippen LogP contribution in [0.2, 0.25) is 0 Å². The first-order chi connectivity index (χ1) is 7.17. The molecule has 0 fully saturated rings. The molecule has 1 unspecified atom stereocenters. The van der Waals surface area contributed by atoms with Crippen molar-refractivity contribution in [2.45, 2.75) is 40.0 Å². The van der Waals surface area contributed by atoms with Gasteiger partial charge in [-0.15, -0.1) is 11.6 Å². The van der Waals surface area contributed by atoms with E-state index in [9.17, 15) is 0 Å². The Morgan fingerprint density at radius 3 is 2.47 bits per heavy atom. The molecule has 1 heteroatoms. The normalized spacial score (nSPS) is 12.8. The molecule has 0 amide bonds. The summed E-state index contributed by atoms with van der Waals surface area (Å²) in [4.78, 5) is 0. The van der Waals surface area contributed by atoms with Gasteiger partial charge in [0.25, 0.3) is 0 Å². The number of hydrogen-bond donors (Lipinski definition) is 0. The topological polar surface area (TPSA) is 0 Å². The van der Waals surface area contributed by atoms with Crippen molar-refractivity contribution in [2.75, 3.05) is 5.88 Å². The molecule has 0 aliphatic rings. The van der Waals surface area contributed by atoms with E-state index in [0.717, 1.165) is 12.3 Å². The Bertz CT molecular complexity index is 304. The summed E-state index contributed by atoms with van der Waals surface area (Å²) >= 11 is 5.97. The molecule has 0 radical (unpaired) electrons. The molecule has 0 spiro atoms. The summed E-state index contributed by atoms with van der Waals surface area (Å²) in [5, 5.41) is 0. The van der Waals surface area contributed by atoms with Crippen LogP contribution in [0.4, 0.5) is 0 Å². The van der Waals surface area contributed by atoms with Crippen molar-refractivity contribution in [1.29, 1.82) is 0 Å². The van der Waals surface area contributed by atoms with Crippen molar-refractivity contribution in [3.63, 3.8) is 0 Å². The van der Waals surface area contributed by atoms with Gasteiger partial charge in [-0.05, 0) is 49.3 Å². The van der Waals surface area contributed by atoms with E-state index in [0.29, 0.717) is 5.92 Å². The fourth-order valence-electron chi connectivity index (χ4n) is 1.91. The highest BCUT2D eigenvalue weighted by molar-refractivity contribution is 6.18. The fraction of sp³-hybridized carbons (Fsp3) is 0.571. The maximum Gasteiger partial charge on any atom is 0.0254 e. The quantitative estimate of drug-likeness (QED) is 0.646. The summed E-state index contributed by atoms with van der Waals surface area (Å²) in [6.45, 7) is 6.55. The van der Waals surface area contributed by atoms with Crippen LogP contribution in [0.3, 0.4) is 0 Å². The predicted molar refractivity (Wildman–Crippen MR) is 68.7 cm³/mol. The van der Waals surface area contributed by atoms with Gasteiger partial charge in [0.1, 0.15) is 0 Å². The summed E-state index contributed by atoms with van der Waals surface area (Å²) in [7, 11) is 0. The lowest BCUT2D eigenvalue weighted by molar-refractivity contribution is 0.528. The molecule has 0 aromatic heterocycles. The third-order valence-electron chi connectivity index (χ3n) is 3.01. The lowest BCUT2D eigenvalue weighted by Gasteiger charge is -2.13. The van der Waals surface area contributed by atoms with E-state index in [-0.39, 0.29) is 0 Å². The van der Waals surface area contributed by atoms with Gasteiger partial charge in [0.15, 0.2) is 0 Å². The zero-order chi connectivity index (χ0) is 11.3. The predicted octanol–water partition coefficient (Wildman–Crippen LogP) is 4.50. The molecule has 0 heterocycles. The molecular weight excluding hydrogens is 204 g/mol. The number of rotatable bonds is 5. The summed E-state index contributed by atoms with van der Waals surface area (Å²) < 4.78 is 0. The van der Waals surface area contributed by atoms with Gasteiger partial charge >= 0.3 is 0 Å². The molecule has 1 rings (SSSR count). The smallest absolute Gasteiger partial charge is 0.0254 e. The van der Waals surface area contributed by atoms with Crippen LogP contribution in [0.1, 0.15) is 36.5 Å². The summed E-state index contributed by atoms with van der Waals surface area (Å²) in [5.74, 6) is 1.42. The number of halogens is 1. The number of alkyl halides is 1. The second-order valence-electron chi connectivity index (χ2n) is 4.43. The van der Waals surface area contributed by atoms with Gasteiger partial charge in [0, 0.05) is 5.88 Å². The van der Waals surface area contributed by atoms with E-state index in [4.69, 9.17) is 11.6 Å². The third-order valence-corrected chi connectivity index (χ3v) is 3.45. The molecule has 0 aliphatic heterocycles. The second-order valence-corrected chi connectivity index (χ2v) is 4.74. The van der Waals surface area contributed by atoms with Crippen LogP contribution < -0.4 is 0 Å². The zero-order valence-electron chi connectivity index (χ0n) is 10.0. The molecule has 0 aliphatic carbocycles. The first-order valence-corrected chi connectivity index (χ1v) is 6.33. The Morgan fingerprint density at radius 2 is 1.93 bits per heavy atom. The molecule has 0 nitrogen and oxygen atoms in total. The Morgan fingerprint density at radius 1 is 1.20 bits per heavy atom. The van der Waals surface area contributed by atoms with Crippen LogP contribution >= 0.6 is 11.6 Å². The van der Waals surface area contributed by atoms with Crippen LogP contribution in [0.25, 0.3) is 0 Å². The van der Waals surface area contributed by atoms with Gasteiger partial charge in [-0.25, -0.2) is 0 Å². The Hall–Kier alpha value is -0.490. The Kier molecular flexibility index (Phi) is 5.17. The Labute approximate surface area is 98.7 Å². The van der Waals surface area contributed by atoms with Gasteiger partial charge in [-0.3, -0.25) is 0 Å². The van der Waals surface area contributed by atoms with Gasteiger partial charge in [0.05, 0.1) is 0 Å². The van der Waals surface area contributed by atoms with Crippen molar-refractivity contribution < 1.29 is 0 Å². The first kappa shape index (κ1) is 12.6. The van der Waals surface area contributed by atoms with Gasteiger partial charge in [0.2, 0.25) is 0 Å². The Balaban J connectivity index is 2.66. The number of aryl methyl sites for hydroxylation is 2. The first-order valence-electron chi connectivity index (χ1n) is 5.79. The SMILES string of the molecule is CCCC(CCl)Cc1ccc(C)c(C)c1. The monoisotopic (exact) mass is 224 g/mol. The van der Waals surface area contributed by atoms with Crippen molar-refractivity contribution in [3.05, 3.63) is 34.9 Å². The van der Waals surface area contributed by atoms with Gasteiger partial charge < -0.3 is 0 Å². The largest absolute Gasteiger partial charge is 0.126 e. The second kappa shape index (κ2) is 6.17. The summed E-state index contributed by atoms with van der Waals surface area (Å²) in [6.07, 6.45) is 3.58. The van der Waals surface area contributed by atoms with Crippen molar-refractivity contribution in [2.24, 2.45) is 5.92 Å². The molecule has 15 heavy (non-hydrogen) atoms. The minimum atomic E-state index is 0.638. The van der Waals surface area contributed by atoms with E-state index >= 15 is 0 Å². The fourth-order valence-corrected chi connectivity index (χ4v) is 2.17. The zero-order valence-corrected chi connectivity index (χ0v) is 10.8. The lowest BCUT2D eigenvalue weighted by atomic mass is 9.95. The molecular formula is C14H21Cl. The standard InChI is InChI=1S/C14H21Cl/c1-4-5-14(10-15)9-13-7-6-11(2)12(3)8-13/h6-8,14H,4-5,9-10H2,1-3H3. The minimum Gasteiger partial charge on any atom is -0.126 e. The number of benzene rings is 1.